The van der Waals surface area contributed by atoms with Crippen LogP contribution in [0.3, 0.4) is 0 Å². The van der Waals surface area contributed by atoms with Gasteiger partial charge in [0.2, 0.25) is 0 Å². The maximum atomic E-state index is 13.5. The maximum Gasteiger partial charge on any atom is 0.276 e. The molecule has 0 bridgehead atoms. The number of aromatic nitrogens is 2. The number of hydrogen-bond acceptors (Lipinski definition) is 2. The van der Waals surface area contributed by atoms with Crippen molar-refractivity contribution < 1.29 is 9.18 Å². The van der Waals surface area contributed by atoms with E-state index in [1.54, 1.807) is 18.0 Å². The summed E-state index contributed by atoms with van der Waals surface area (Å²) in [6.45, 7) is 1.93. The Labute approximate surface area is 127 Å². The number of rotatable bonds is 3. The molecule has 1 aromatic carbocycles. The number of hydrogen-bond donors (Lipinski definition) is 0. The molecule has 3 aromatic rings. The van der Waals surface area contributed by atoms with Crippen molar-refractivity contribution in [2.24, 2.45) is 0 Å². The van der Waals surface area contributed by atoms with Crippen LogP contribution in [-0.4, -0.2) is 22.3 Å². The van der Waals surface area contributed by atoms with Crippen molar-refractivity contribution >= 4 is 17.2 Å². The number of anilines is 1. The molecule has 22 heavy (non-hydrogen) atoms. The molecule has 0 aliphatic heterocycles. The van der Waals surface area contributed by atoms with Crippen molar-refractivity contribution in [1.82, 2.24) is 9.38 Å². The Bertz CT molecular complexity index is 827. The number of pyridine rings is 1. The third-order valence-electron chi connectivity index (χ3n) is 3.64. The molecule has 1 amide bonds. The third-order valence-corrected chi connectivity index (χ3v) is 3.64. The van der Waals surface area contributed by atoms with Gasteiger partial charge in [-0.2, -0.15) is 0 Å². The first-order chi connectivity index (χ1) is 10.6. The predicted molar refractivity (Wildman–Crippen MR) is 83.7 cm³/mol. The summed E-state index contributed by atoms with van der Waals surface area (Å²) in [5.74, 6) is -0.606. The Morgan fingerprint density at radius 1 is 1.23 bits per heavy atom. The number of amides is 1. The van der Waals surface area contributed by atoms with Crippen molar-refractivity contribution in [3.05, 3.63) is 65.9 Å². The lowest BCUT2D eigenvalue weighted by molar-refractivity contribution is 0.0986. The average molecular weight is 297 g/mol. The first kappa shape index (κ1) is 14.3. The van der Waals surface area contributed by atoms with Gasteiger partial charge in [-0.15, -0.1) is 0 Å². The van der Waals surface area contributed by atoms with E-state index in [9.17, 15) is 9.18 Å². The van der Waals surface area contributed by atoms with Gasteiger partial charge < -0.3 is 4.90 Å². The van der Waals surface area contributed by atoms with Crippen LogP contribution in [0.25, 0.3) is 5.65 Å². The highest BCUT2D eigenvalue weighted by Crippen LogP contribution is 2.20. The van der Waals surface area contributed by atoms with E-state index < -0.39 is 5.82 Å². The lowest BCUT2D eigenvalue weighted by atomic mass is 10.2. The van der Waals surface area contributed by atoms with Crippen molar-refractivity contribution in [1.29, 1.82) is 0 Å². The molecule has 4 nitrogen and oxygen atoms in total. The zero-order chi connectivity index (χ0) is 15.7. The van der Waals surface area contributed by atoms with Crippen LogP contribution in [0.1, 0.15) is 23.1 Å². The monoisotopic (exact) mass is 297 g/mol. The zero-order valence-electron chi connectivity index (χ0n) is 12.5. The minimum Gasteiger partial charge on any atom is -0.310 e. The molecule has 0 saturated carbocycles. The van der Waals surface area contributed by atoms with Crippen LogP contribution in [0.4, 0.5) is 10.1 Å². The molecule has 0 N–H and O–H groups in total. The van der Waals surface area contributed by atoms with Crippen LogP contribution in [0.15, 0.2) is 48.7 Å². The fraction of sp³-hybridized carbons (Fsp3) is 0.176. The van der Waals surface area contributed by atoms with Crippen LogP contribution in [0.2, 0.25) is 0 Å². The molecule has 112 valence electrons. The zero-order valence-corrected chi connectivity index (χ0v) is 12.5. The van der Waals surface area contributed by atoms with Gasteiger partial charge in [-0.05, 0) is 30.7 Å². The van der Waals surface area contributed by atoms with E-state index in [0.29, 0.717) is 23.5 Å². The molecule has 0 atom stereocenters. The highest BCUT2D eigenvalue weighted by atomic mass is 19.1. The molecule has 2 aromatic heterocycles. The van der Waals surface area contributed by atoms with Gasteiger partial charge in [0.15, 0.2) is 0 Å². The molecule has 2 heterocycles. The molecule has 3 rings (SSSR count). The molecular weight excluding hydrogens is 281 g/mol. The largest absolute Gasteiger partial charge is 0.310 e. The summed E-state index contributed by atoms with van der Waals surface area (Å²) in [4.78, 5) is 18.8. The summed E-state index contributed by atoms with van der Waals surface area (Å²) < 4.78 is 15.1. The smallest absolute Gasteiger partial charge is 0.276 e. The van der Waals surface area contributed by atoms with Crippen LogP contribution in [0, 0.1) is 5.82 Å². The van der Waals surface area contributed by atoms with Gasteiger partial charge in [0, 0.05) is 18.9 Å². The molecule has 0 fully saturated rings. The van der Waals surface area contributed by atoms with Gasteiger partial charge >= 0.3 is 0 Å². The summed E-state index contributed by atoms with van der Waals surface area (Å²) in [6, 6.07) is 12.3. The van der Waals surface area contributed by atoms with Gasteiger partial charge in [-0.25, -0.2) is 9.37 Å². The fourth-order valence-electron chi connectivity index (χ4n) is 2.47. The standard InChI is InChI=1S/C17H16FN3O/c1-3-14-16(21-11-12(18)9-10-15(21)19-14)17(22)20(2)13-7-5-4-6-8-13/h4-11H,3H2,1-2H3. The van der Waals surface area contributed by atoms with Gasteiger partial charge in [0.25, 0.3) is 5.91 Å². The van der Waals surface area contributed by atoms with Gasteiger partial charge in [0.1, 0.15) is 17.2 Å². The number of imidazole rings is 1. The molecule has 0 aliphatic carbocycles. The Balaban J connectivity index is 2.12. The molecule has 5 heteroatoms. The number of benzene rings is 1. The van der Waals surface area contributed by atoms with Crippen LogP contribution >= 0.6 is 0 Å². The molecular formula is C17H16FN3O. The number of para-hydroxylation sites is 1. The minimum atomic E-state index is -0.399. The van der Waals surface area contributed by atoms with Crippen molar-refractivity contribution in [2.75, 3.05) is 11.9 Å². The van der Waals surface area contributed by atoms with Crippen molar-refractivity contribution in [2.45, 2.75) is 13.3 Å². The number of carbonyl (C=O) groups excluding carboxylic acids is 1. The highest BCUT2D eigenvalue weighted by Gasteiger charge is 2.22. The first-order valence-corrected chi connectivity index (χ1v) is 7.11. The number of halogens is 1. The SMILES string of the molecule is CCc1nc2ccc(F)cn2c1C(=O)N(C)c1ccccc1. The normalized spacial score (nSPS) is 10.9. The fourth-order valence-corrected chi connectivity index (χ4v) is 2.47. The second-order valence-electron chi connectivity index (χ2n) is 5.04. The minimum absolute atomic E-state index is 0.207. The topological polar surface area (TPSA) is 37.6 Å². The van der Waals surface area contributed by atoms with E-state index in [1.807, 2.05) is 37.3 Å². The van der Waals surface area contributed by atoms with Crippen LogP contribution in [0.5, 0.6) is 0 Å². The first-order valence-electron chi connectivity index (χ1n) is 7.11. The average Bonchev–Trinajstić information content (AvgIpc) is 2.92. The second kappa shape index (κ2) is 5.60. The van der Waals surface area contributed by atoms with Gasteiger partial charge in [-0.3, -0.25) is 9.20 Å². The van der Waals surface area contributed by atoms with Crippen molar-refractivity contribution in [3.8, 4) is 0 Å². The summed E-state index contributed by atoms with van der Waals surface area (Å²) in [5.41, 5.74) is 2.42. The Morgan fingerprint density at radius 2 is 1.95 bits per heavy atom. The Hall–Kier alpha value is -2.69. The van der Waals surface area contributed by atoms with E-state index in [1.165, 1.54) is 16.7 Å². The molecule has 0 radical (unpaired) electrons. The van der Waals surface area contributed by atoms with Crippen LogP contribution < -0.4 is 4.90 Å². The molecule has 0 unspecified atom stereocenters. The number of aryl methyl sites for hydroxylation is 1. The predicted octanol–water partition coefficient (Wildman–Crippen LogP) is 3.31. The van der Waals surface area contributed by atoms with E-state index in [-0.39, 0.29) is 5.91 Å². The Morgan fingerprint density at radius 3 is 2.64 bits per heavy atom. The lowest BCUT2D eigenvalue weighted by Gasteiger charge is -2.17. The van der Waals surface area contributed by atoms with E-state index in [0.717, 1.165) is 5.69 Å². The van der Waals surface area contributed by atoms with E-state index >= 15 is 0 Å². The second-order valence-corrected chi connectivity index (χ2v) is 5.04. The van der Waals surface area contributed by atoms with E-state index in [4.69, 9.17) is 0 Å². The summed E-state index contributed by atoms with van der Waals surface area (Å²) in [5, 5.41) is 0. The van der Waals surface area contributed by atoms with Crippen molar-refractivity contribution in [3.63, 3.8) is 0 Å². The van der Waals surface area contributed by atoms with Crippen LogP contribution in [-0.2, 0) is 6.42 Å². The summed E-state index contributed by atoms with van der Waals surface area (Å²) in [7, 11) is 1.70. The highest BCUT2D eigenvalue weighted by molar-refractivity contribution is 6.05. The quantitative estimate of drug-likeness (QED) is 0.744. The molecule has 0 saturated heterocycles. The Kier molecular flexibility index (Phi) is 3.63. The van der Waals surface area contributed by atoms with Gasteiger partial charge in [0.05, 0.1) is 5.69 Å². The summed E-state index contributed by atoms with van der Waals surface area (Å²) in [6.07, 6.45) is 1.90. The van der Waals surface area contributed by atoms with E-state index in [2.05, 4.69) is 4.98 Å². The maximum absolute atomic E-state index is 13.5. The number of fused-ring (bicyclic) bond motifs is 1. The molecule has 0 aliphatic rings. The third kappa shape index (κ3) is 2.35. The lowest BCUT2D eigenvalue weighted by Crippen LogP contribution is -2.28. The number of carbonyl (C=O) groups is 1. The van der Waals surface area contributed by atoms with Gasteiger partial charge in [-0.1, -0.05) is 25.1 Å². The number of nitrogens with zero attached hydrogens (tertiary/aromatic N) is 3. The molecule has 0 spiro atoms. The summed E-state index contributed by atoms with van der Waals surface area (Å²) >= 11 is 0.